The number of nitrogens with zero attached hydrogens (tertiary/aromatic N) is 1. The summed E-state index contributed by atoms with van der Waals surface area (Å²) in [5.41, 5.74) is 4.92. The van der Waals surface area contributed by atoms with Crippen molar-refractivity contribution in [2.45, 2.75) is 10.6 Å². The number of thioether (sulfide) groups is 1. The van der Waals surface area contributed by atoms with Gasteiger partial charge in [0.25, 0.3) is 5.91 Å². The molecule has 1 N–H and O–H groups in total. The number of nitrogens with one attached hydrogen (secondary N) is 1. The van der Waals surface area contributed by atoms with Crippen molar-refractivity contribution in [2.75, 3.05) is 21.3 Å². The van der Waals surface area contributed by atoms with Crippen LogP contribution in [-0.4, -0.2) is 33.5 Å². The molecule has 31 heavy (non-hydrogen) atoms. The van der Waals surface area contributed by atoms with E-state index >= 15 is 0 Å². The van der Waals surface area contributed by atoms with Crippen LogP contribution in [0.15, 0.2) is 76.7 Å². The topological polar surface area (TPSA) is 69.2 Å². The van der Waals surface area contributed by atoms with Crippen LogP contribution in [0.2, 0.25) is 0 Å². The lowest BCUT2D eigenvalue weighted by Crippen LogP contribution is -2.17. The van der Waals surface area contributed by atoms with Gasteiger partial charge in [-0.15, -0.1) is 11.8 Å². The van der Waals surface area contributed by atoms with E-state index in [0.717, 1.165) is 11.3 Å². The van der Waals surface area contributed by atoms with E-state index in [1.807, 2.05) is 30.3 Å². The van der Waals surface area contributed by atoms with Gasteiger partial charge < -0.3 is 14.2 Å². The molecule has 0 unspecified atom stereocenters. The quantitative estimate of drug-likeness (QED) is 0.297. The van der Waals surface area contributed by atoms with Crippen LogP contribution in [-0.2, 0) is 5.75 Å². The molecule has 0 aliphatic heterocycles. The normalized spacial score (nSPS) is 10.7. The van der Waals surface area contributed by atoms with Gasteiger partial charge in [0.2, 0.25) is 5.75 Å². The SMILES string of the molecule is COc1cc(/C=N\NC(=O)c2ccc(CSc3ccccc3)cc2)cc(OC)c1OC. The zero-order chi connectivity index (χ0) is 22.1. The van der Waals surface area contributed by atoms with Crippen molar-refractivity contribution in [3.05, 3.63) is 83.4 Å². The fourth-order valence-corrected chi connectivity index (χ4v) is 3.72. The molecule has 1 amide bonds. The van der Waals surface area contributed by atoms with Crippen molar-refractivity contribution in [2.24, 2.45) is 5.10 Å². The van der Waals surface area contributed by atoms with Crippen molar-refractivity contribution in [3.63, 3.8) is 0 Å². The molecule has 3 aromatic carbocycles. The number of hydrogen-bond donors (Lipinski definition) is 1. The van der Waals surface area contributed by atoms with Gasteiger partial charge in [0.1, 0.15) is 0 Å². The molecule has 7 heteroatoms. The second-order valence-corrected chi connectivity index (χ2v) is 7.51. The third kappa shape index (κ3) is 6.02. The molecule has 3 rings (SSSR count). The van der Waals surface area contributed by atoms with Gasteiger partial charge in [-0.1, -0.05) is 30.3 Å². The second kappa shape index (κ2) is 11.1. The molecular weight excluding hydrogens is 412 g/mol. The minimum atomic E-state index is -0.286. The van der Waals surface area contributed by atoms with E-state index in [4.69, 9.17) is 14.2 Å². The number of methoxy groups -OCH3 is 3. The summed E-state index contributed by atoms with van der Waals surface area (Å²) in [5, 5.41) is 4.04. The Bertz CT molecular complexity index is 1010. The van der Waals surface area contributed by atoms with Gasteiger partial charge in [0.15, 0.2) is 11.5 Å². The van der Waals surface area contributed by atoms with E-state index in [0.29, 0.717) is 28.4 Å². The molecule has 0 aliphatic rings. The Balaban J connectivity index is 1.59. The van der Waals surface area contributed by atoms with E-state index in [1.165, 1.54) is 11.1 Å². The largest absolute Gasteiger partial charge is 0.493 e. The number of hydrogen-bond acceptors (Lipinski definition) is 6. The summed E-state index contributed by atoms with van der Waals surface area (Å²) in [7, 11) is 4.63. The number of hydrazone groups is 1. The van der Waals surface area contributed by atoms with Crippen molar-refractivity contribution in [3.8, 4) is 17.2 Å². The molecule has 0 heterocycles. The van der Waals surface area contributed by atoms with Crippen LogP contribution in [0, 0.1) is 0 Å². The number of rotatable bonds is 9. The fourth-order valence-electron chi connectivity index (χ4n) is 2.84. The maximum Gasteiger partial charge on any atom is 0.271 e. The lowest BCUT2D eigenvalue weighted by molar-refractivity contribution is 0.0955. The van der Waals surface area contributed by atoms with Crippen molar-refractivity contribution >= 4 is 23.9 Å². The van der Waals surface area contributed by atoms with Crippen molar-refractivity contribution in [1.82, 2.24) is 5.43 Å². The molecule has 0 aliphatic carbocycles. The van der Waals surface area contributed by atoms with Crippen LogP contribution >= 0.6 is 11.8 Å². The first kappa shape index (κ1) is 22.2. The smallest absolute Gasteiger partial charge is 0.271 e. The Hall–Kier alpha value is -3.45. The Kier molecular flexibility index (Phi) is 7.95. The Morgan fingerprint density at radius 1 is 0.935 bits per heavy atom. The summed E-state index contributed by atoms with van der Waals surface area (Å²) >= 11 is 1.75. The van der Waals surface area contributed by atoms with Crippen LogP contribution in [0.5, 0.6) is 17.2 Å². The predicted molar refractivity (Wildman–Crippen MR) is 124 cm³/mol. The van der Waals surface area contributed by atoms with Crippen LogP contribution in [0.4, 0.5) is 0 Å². The first-order valence-electron chi connectivity index (χ1n) is 9.54. The minimum Gasteiger partial charge on any atom is -0.493 e. The van der Waals surface area contributed by atoms with Crippen molar-refractivity contribution < 1.29 is 19.0 Å². The average Bonchev–Trinajstić information content (AvgIpc) is 2.82. The summed E-state index contributed by atoms with van der Waals surface area (Å²) in [6.45, 7) is 0. The highest BCUT2D eigenvalue weighted by Crippen LogP contribution is 2.37. The highest BCUT2D eigenvalue weighted by molar-refractivity contribution is 7.98. The van der Waals surface area contributed by atoms with Gasteiger partial charge in [-0.3, -0.25) is 4.79 Å². The predicted octanol–water partition coefficient (Wildman–Crippen LogP) is 4.77. The van der Waals surface area contributed by atoms with Crippen molar-refractivity contribution in [1.29, 1.82) is 0 Å². The molecule has 3 aromatic rings. The van der Waals surface area contributed by atoms with Crippen LogP contribution in [0.1, 0.15) is 21.5 Å². The third-order valence-electron chi connectivity index (χ3n) is 4.43. The maximum atomic E-state index is 12.4. The standard InChI is InChI=1S/C24H24N2O4S/c1-28-21-13-18(14-22(29-2)23(21)30-3)15-25-26-24(27)19-11-9-17(10-12-19)16-31-20-7-5-4-6-8-20/h4-15H,16H2,1-3H3,(H,26,27)/b25-15-. The van der Waals surface area contributed by atoms with E-state index in [1.54, 1.807) is 57.4 Å². The maximum absolute atomic E-state index is 12.4. The lowest BCUT2D eigenvalue weighted by Gasteiger charge is -2.12. The van der Waals surface area contributed by atoms with Gasteiger partial charge in [-0.2, -0.15) is 5.10 Å². The first-order chi connectivity index (χ1) is 15.1. The van der Waals surface area contributed by atoms with Gasteiger partial charge in [-0.05, 0) is 42.0 Å². The summed E-state index contributed by atoms with van der Waals surface area (Å²) in [6.07, 6.45) is 1.52. The summed E-state index contributed by atoms with van der Waals surface area (Å²) in [4.78, 5) is 13.6. The number of carbonyl (C=O) groups is 1. The van der Waals surface area contributed by atoms with Gasteiger partial charge in [0, 0.05) is 21.8 Å². The zero-order valence-electron chi connectivity index (χ0n) is 17.6. The Morgan fingerprint density at radius 3 is 2.16 bits per heavy atom. The zero-order valence-corrected chi connectivity index (χ0v) is 18.4. The number of ether oxygens (including phenoxy) is 3. The fraction of sp³-hybridized carbons (Fsp3) is 0.167. The minimum absolute atomic E-state index is 0.286. The molecule has 0 fully saturated rings. The summed E-state index contributed by atoms with van der Waals surface area (Å²) in [6, 6.07) is 21.2. The number of carbonyl (C=O) groups excluding carboxylic acids is 1. The lowest BCUT2D eigenvalue weighted by atomic mass is 10.1. The van der Waals surface area contributed by atoms with E-state index < -0.39 is 0 Å². The first-order valence-corrected chi connectivity index (χ1v) is 10.5. The molecule has 6 nitrogen and oxygen atoms in total. The van der Waals surface area contributed by atoms with Gasteiger partial charge in [0.05, 0.1) is 27.5 Å². The van der Waals surface area contributed by atoms with Gasteiger partial charge >= 0.3 is 0 Å². The van der Waals surface area contributed by atoms with Crippen LogP contribution in [0.3, 0.4) is 0 Å². The molecule has 0 saturated heterocycles. The molecule has 160 valence electrons. The van der Waals surface area contributed by atoms with Gasteiger partial charge in [-0.25, -0.2) is 5.43 Å². The van der Waals surface area contributed by atoms with E-state index in [2.05, 4.69) is 22.7 Å². The average molecular weight is 437 g/mol. The van der Waals surface area contributed by atoms with Crippen LogP contribution in [0.25, 0.3) is 0 Å². The van der Waals surface area contributed by atoms with Crippen LogP contribution < -0.4 is 19.6 Å². The highest BCUT2D eigenvalue weighted by atomic mass is 32.2. The summed E-state index contributed by atoms with van der Waals surface area (Å²) < 4.78 is 15.9. The van der Waals surface area contributed by atoms with E-state index in [-0.39, 0.29) is 5.91 Å². The molecule has 0 atom stereocenters. The third-order valence-corrected chi connectivity index (χ3v) is 5.51. The Morgan fingerprint density at radius 2 is 1.58 bits per heavy atom. The van der Waals surface area contributed by atoms with E-state index in [9.17, 15) is 4.79 Å². The number of benzene rings is 3. The molecule has 0 radical (unpaired) electrons. The molecule has 0 aromatic heterocycles. The second-order valence-electron chi connectivity index (χ2n) is 6.46. The number of amides is 1. The monoisotopic (exact) mass is 436 g/mol. The molecular formula is C24H24N2O4S. The molecule has 0 bridgehead atoms. The Labute approximate surface area is 186 Å². The highest BCUT2D eigenvalue weighted by Gasteiger charge is 2.12. The summed E-state index contributed by atoms with van der Waals surface area (Å²) in [5.74, 6) is 2.07. The molecule has 0 spiro atoms. The molecule has 0 saturated carbocycles.